The molecule has 0 bridgehead atoms. The van der Waals surface area contributed by atoms with Crippen molar-refractivity contribution in [2.45, 2.75) is 58.2 Å². The van der Waals surface area contributed by atoms with Crippen LogP contribution >= 0.6 is 0 Å². The molecule has 2 heterocycles. The molecule has 2 aliphatic heterocycles. The molecule has 2 aromatic rings. The predicted octanol–water partition coefficient (Wildman–Crippen LogP) is 4.95. The number of hydrogen-bond acceptors (Lipinski definition) is 3. The number of para-hydroxylation sites is 1. The Labute approximate surface area is 174 Å². The summed E-state index contributed by atoms with van der Waals surface area (Å²) in [4.78, 5) is 15.4. The molecule has 1 N–H and O–H groups in total. The van der Waals surface area contributed by atoms with E-state index in [2.05, 4.69) is 43.1 Å². The molecule has 1 saturated heterocycles. The fourth-order valence-electron chi connectivity index (χ4n) is 4.41. The third-order valence-corrected chi connectivity index (χ3v) is 6.18. The highest BCUT2D eigenvalue weighted by molar-refractivity contribution is 5.94. The van der Waals surface area contributed by atoms with Crippen LogP contribution in [0.25, 0.3) is 0 Å². The molecule has 154 valence electrons. The molecule has 29 heavy (non-hydrogen) atoms. The van der Waals surface area contributed by atoms with Crippen molar-refractivity contribution in [2.75, 3.05) is 13.1 Å². The maximum Gasteiger partial charge on any atom is 0.251 e. The first-order chi connectivity index (χ1) is 13.9. The van der Waals surface area contributed by atoms with Gasteiger partial charge in [-0.25, -0.2) is 0 Å². The van der Waals surface area contributed by atoms with E-state index < -0.39 is 0 Å². The minimum Gasteiger partial charge on any atom is -0.487 e. The number of ether oxygens (including phenoxy) is 1. The van der Waals surface area contributed by atoms with Gasteiger partial charge < -0.3 is 10.1 Å². The van der Waals surface area contributed by atoms with E-state index in [1.54, 1.807) is 0 Å². The van der Waals surface area contributed by atoms with Gasteiger partial charge in [-0.3, -0.25) is 9.69 Å². The second-order valence-corrected chi connectivity index (χ2v) is 9.29. The maximum atomic E-state index is 12.9. The van der Waals surface area contributed by atoms with Crippen LogP contribution < -0.4 is 10.1 Å². The number of likely N-dealkylation sites (tertiary alicyclic amines) is 1. The van der Waals surface area contributed by atoms with Crippen molar-refractivity contribution in [2.24, 2.45) is 5.92 Å². The summed E-state index contributed by atoms with van der Waals surface area (Å²) in [5.41, 5.74) is 2.73. The molecule has 2 aliphatic rings. The average Bonchev–Trinajstić information content (AvgIpc) is 2.69. The molecular formula is C25H32N2O2. The van der Waals surface area contributed by atoms with Gasteiger partial charge in [-0.2, -0.15) is 0 Å². The molecule has 0 radical (unpaired) electrons. The van der Waals surface area contributed by atoms with Crippen molar-refractivity contribution in [3.05, 3.63) is 65.2 Å². The Kier molecular flexibility index (Phi) is 5.64. The number of carbonyl (C=O) groups is 1. The maximum absolute atomic E-state index is 12.9. The first-order valence-electron chi connectivity index (χ1n) is 10.8. The van der Waals surface area contributed by atoms with Crippen LogP contribution in [0.15, 0.2) is 48.5 Å². The zero-order valence-electron chi connectivity index (χ0n) is 17.8. The molecule has 0 aliphatic carbocycles. The van der Waals surface area contributed by atoms with Crippen molar-refractivity contribution in [1.82, 2.24) is 10.2 Å². The number of rotatable bonds is 4. The smallest absolute Gasteiger partial charge is 0.251 e. The van der Waals surface area contributed by atoms with Crippen molar-refractivity contribution >= 4 is 5.91 Å². The quantitative estimate of drug-likeness (QED) is 0.800. The minimum atomic E-state index is -0.303. The zero-order valence-corrected chi connectivity index (χ0v) is 17.8. The Morgan fingerprint density at radius 1 is 1.10 bits per heavy atom. The highest BCUT2D eigenvalue weighted by Gasteiger charge is 2.34. The lowest BCUT2D eigenvalue weighted by molar-refractivity contribution is 0.0619. The topological polar surface area (TPSA) is 41.6 Å². The van der Waals surface area contributed by atoms with Crippen molar-refractivity contribution in [1.29, 1.82) is 0 Å². The molecule has 1 amide bonds. The summed E-state index contributed by atoms with van der Waals surface area (Å²) in [6.07, 6.45) is 3.31. The molecule has 4 rings (SSSR count). The molecule has 2 aromatic carbocycles. The lowest BCUT2D eigenvalue weighted by Gasteiger charge is -2.37. The van der Waals surface area contributed by atoms with Crippen molar-refractivity contribution < 1.29 is 9.53 Å². The van der Waals surface area contributed by atoms with E-state index in [-0.39, 0.29) is 17.6 Å². The molecule has 4 nitrogen and oxygen atoms in total. The largest absolute Gasteiger partial charge is 0.487 e. The van der Waals surface area contributed by atoms with Gasteiger partial charge in [-0.15, -0.1) is 0 Å². The van der Waals surface area contributed by atoms with E-state index in [4.69, 9.17) is 4.74 Å². The number of nitrogens with one attached hydrogen (secondary N) is 1. The van der Waals surface area contributed by atoms with Crippen LogP contribution in [0.2, 0.25) is 0 Å². The zero-order chi connectivity index (χ0) is 20.4. The molecule has 1 atom stereocenters. The Morgan fingerprint density at radius 2 is 1.79 bits per heavy atom. The van der Waals surface area contributed by atoms with Crippen molar-refractivity contribution in [3.63, 3.8) is 0 Å². The van der Waals surface area contributed by atoms with Gasteiger partial charge in [-0.05, 0) is 69.5 Å². The fraction of sp³-hybridized carbons (Fsp3) is 0.480. The Bertz CT molecular complexity index is 851. The van der Waals surface area contributed by atoms with Gasteiger partial charge >= 0.3 is 0 Å². The predicted molar refractivity (Wildman–Crippen MR) is 116 cm³/mol. The van der Waals surface area contributed by atoms with Gasteiger partial charge in [0.05, 0.1) is 6.04 Å². The molecule has 0 saturated carbocycles. The Balaban J connectivity index is 1.41. The minimum absolute atomic E-state index is 0.0270. The average molecular weight is 393 g/mol. The van der Waals surface area contributed by atoms with Gasteiger partial charge in [-0.1, -0.05) is 37.3 Å². The summed E-state index contributed by atoms with van der Waals surface area (Å²) in [6.45, 7) is 9.78. The lowest BCUT2D eigenvalue weighted by Crippen LogP contribution is -2.41. The first kappa shape index (κ1) is 20.0. The van der Waals surface area contributed by atoms with Crippen LogP contribution in [0.1, 0.15) is 67.6 Å². The summed E-state index contributed by atoms with van der Waals surface area (Å²) in [5, 5.41) is 3.22. The monoisotopic (exact) mass is 392 g/mol. The SMILES string of the molecule is CC1CCN(Cc2ccc(C(=O)N[C@H]3CC(C)(C)Oc4ccccc43)cc2)CC1. The summed E-state index contributed by atoms with van der Waals surface area (Å²) in [6, 6.07) is 16.0. The number of nitrogens with zero attached hydrogens (tertiary/aromatic N) is 1. The Hall–Kier alpha value is -2.33. The van der Waals surface area contributed by atoms with Gasteiger partial charge in [0.2, 0.25) is 0 Å². The van der Waals surface area contributed by atoms with E-state index in [1.807, 2.05) is 36.4 Å². The Morgan fingerprint density at radius 3 is 2.52 bits per heavy atom. The third kappa shape index (κ3) is 4.81. The van der Waals surface area contributed by atoms with E-state index >= 15 is 0 Å². The molecule has 4 heteroatoms. The summed E-state index contributed by atoms with van der Waals surface area (Å²) in [5.74, 6) is 1.68. The van der Waals surface area contributed by atoms with Crippen molar-refractivity contribution in [3.8, 4) is 5.75 Å². The fourth-order valence-corrected chi connectivity index (χ4v) is 4.41. The highest BCUT2D eigenvalue weighted by Crippen LogP contribution is 2.39. The highest BCUT2D eigenvalue weighted by atomic mass is 16.5. The second kappa shape index (κ2) is 8.19. The third-order valence-electron chi connectivity index (χ3n) is 6.18. The number of hydrogen-bond donors (Lipinski definition) is 1. The van der Waals surface area contributed by atoms with E-state index in [0.717, 1.165) is 30.2 Å². The van der Waals surface area contributed by atoms with E-state index in [9.17, 15) is 4.79 Å². The molecule has 0 aromatic heterocycles. The van der Waals surface area contributed by atoms with Gasteiger partial charge in [0.15, 0.2) is 0 Å². The van der Waals surface area contributed by atoms with Crippen LogP contribution in [-0.2, 0) is 6.54 Å². The second-order valence-electron chi connectivity index (χ2n) is 9.29. The van der Waals surface area contributed by atoms with Gasteiger partial charge in [0.25, 0.3) is 5.91 Å². The van der Waals surface area contributed by atoms with Gasteiger partial charge in [0.1, 0.15) is 11.4 Å². The molecule has 1 fully saturated rings. The molecular weight excluding hydrogens is 360 g/mol. The summed E-state index contributed by atoms with van der Waals surface area (Å²) >= 11 is 0. The number of benzene rings is 2. The summed E-state index contributed by atoms with van der Waals surface area (Å²) in [7, 11) is 0. The van der Waals surface area contributed by atoms with Crippen LogP contribution in [0.4, 0.5) is 0 Å². The summed E-state index contributed by atoms with van der Waals surface area (Å²) < 4.78 is 6.08. The number of fused-ring (bicyclic) bond motifs is 1. The lowest BCUT2D eigenvalue weighted by atomic mass is 9.89. The van der Waals surface area contributed by atoms with Crippen LogP contribution in [0.3, 0.4) is 0 Å². The normalized spacial score (nSPS) is 21.8. The number of amides is 1. The van der Waals surface area contributed by atoms with Gasteiger partial charge in [0, 0.05) is 24.1 Å². The number of piperidine rings is 1. The van der Waals surface area contributed by atoms with Crippen LogP contribution in [-0.4, -0.2) is 29.5 Å². The molecule has 0 spiro atoms. The van der Waals surface area contributed by atoms with Crippen LogP contribution in [0, 0.1) is 5.92 Å². The first-order valence-corrected chi connectivity index (χ1v) is 10.8. The van der Waals surface area contributed by atoms with E-state index in [0.29, 0.717) is 5.56 Å². The van der Waals surface area contributed by atoms with E-state index in [1.165, 1.54) is 31.5 Å². The standard InChI is InChI=1S/C25H32N2O2/c1-18-12-14-27(15-13-18)17-19-8-10-20(11-9-19)24(28)26-22-16-25(2,3)29-23-7-5-4-6-21(22)23/h4-11,18,22H,12-17H2,1-3H3,(H,26,28)/t22-/m0/s1. The molecule has 0 unspecified atom stereocenters. The number of carbonyl (C=O) groups excluding carboxylic acids is 1. The van der Waals surface area contributed by atoms with Crippen LogP contribution in [0.5, 0.6) is 5.75 Å².